The lowest BCUT2D eigenvalue weighted by molar-refractivity contribution is 0.387. The molecule has 1 aliphatic rings. The fraction of sp³-hybridized carbons (Fsp3) is 0.714. The quantitative estimate of drug-likeness (QED) is 0.917. The van der Waals surface area contributed by atoms with Crippen molar-refractivity contribution in [2.75, 3.05) is 18.8 Å². The molecular weight excluding hydrogens is 306 g/mol. The molecule has 1 aromatic rings. The van der Waals surface area contributed by atoms with Gasteiger partial charge in [-0.25, -0.2) is 8.42 Å². The molecular formula is C14H25N3O2S2. The second-order valence-corrected chi connectivity index (χ2v) is 10.1. The summed E-state index contributed by atoms with van der Waals surface area (Å²) in [6.07, 6.45) is 1.72. The van der Waals surface area contributed by atoms with Crippen LogP contribution in [0.2, 0.25) is 0 Å². The monoisotopic (exact) mass is 331 g/mol. The van der Waals surface area contributed by atoms with Crippen molar-refractivity contribution in [3.8, 4) is 0 Å². The van der Waals surface area contributed by atoms with Gasteiger partial charge < -0.3 is 10.3 Å². The Morgan fingerprint density at radius 3 is 2.57 bits per heavy atom. The van der Waals surface area contributed by atoms with Crippen LogP contribution in [0.3, 0.4) is 0 Å². The fourth-order valence-corrected chi connectivity index (χ4v) is 5.57. The summed E-state index contributed by atoms with van der Waals surface area (Å²) in [5.74, 6) is 0.834. The van der Waals surface area contributed by atoms with Gasteiger partial charge in [-0.3, -0.25) is 0 Å². The van der Waals surface area contributed by atoms with Crippen molar-refractivity contribution in [2.45, 2.75) is 49.9 Å². The van der Waals surface area contributed by atoms with Crippen molar-refractivity contribution in [1.82, 2.24) is 8.87 Å². The van der Waals surface area contributed by atoms with E-state index in [9.17, 15) is 8.42 Å². The highest BCUT2D eigenvalue weighted by molar-refractivity contribution is 8.00. The van der Waals surface area contributed by atoms with E-state index in [1.807, 2.05) is 30.2 Å². The minimum absolute atomic E-state index is 0.0391. The van der Waals surface area contributed by atoms with Crippen LogP contribution < -0.4 is 5.73 Å². The number of nitrogens with zero attached hydrogens (tertiary/aromatic N) is 2. The van der Waals surface area contributed by atoms with Gasteiger partial charge in [0.2, 0.25) is 10.0 Å². The van der Waals surface area contributed by atoms with E-state index in [1.54, 1.807) is 16.6 Å². The van der Waals surface area contributed by atoms with Crippen molar-refractivity contribution in [2.24, 2.45) is 5.73 Å². The van der Waals surface area contributed by atoms with Crippen molar-refractivity contribution >= 4 is 21.8 Å². The lowest BCUT2D eigenvalue weighted by Gasteiger charge is -2.36. The molecule has 5 nitrogen and oxygen atoms in total. The molecule has 0 amide bonds. The molecule has 21 heavy (non-hydrogen) atoms. The fourth-order valence-electron chi connectivity index (χ4n) is 2.61. The van der Waals surface area contributed by atoms with Crippen LogP contribution in [-0.2, 0) is 16.6 Å². The largest absolute Gasteiger partial charge is 0.346 e. The lowest BCUT2D eigenvalue weighted by atomic mass is 10.2. The van der Waals surface area contributed by atoms with Gasteiger partial charge in [0, 0.05) is 48.1 Å². The highest BCUT2D eigenvalue weighted by Gasteiger charge is 2.35. The molecule has 0 aromatic carbocycles. The van der Waals surface area contributed by atoms with Crippen LogP contribution in [0.25, 0.3) is 0 Å². The lowest BCUT2D eigenvalue weighted by Crippen LogP contribution is -2.45. The van der Waals surface area contributed by atoms with Crippen molar-refractivity contribution in [1.29, 1.82) is 0 Å². The van der Waals surface area contributed by atoms with Gasteiger partial charge in [-0.05, 0) is 33.8 Å². The minimum atomic E-state index is -3.43. The van der Waals surface area contributed by atoms with E-state index in [1.165, 1.54) is 0 Å². The molecule has 0 radical (unpaired) electrons. The Morgan fingerprint density at radius 2 is 2.10 bits per heavy atom. The predicted molar refractivity (Wildman–Crippen MR) is 88.0 cm³/mol. The number of hydrogen-bond donors (Lipinski definition) is 1. The van der Waals surface area contributed by atoms with Crippen molar-refractivity contribution < 1.29 is 8.42 Å². The Kier molecular flexibility index (Phi) is 4.78. The number of hydrogen-bond acceptors (Lipinski definition) is 4. The van der Waals surface area contributed by atoms with E-state index in [0.29, 0.717) is 24.5 Å². The summed E-state index contributed by atoms with van der Waals surface area (Å²) in [5, 5.41) is 0. The number of rotatable bonds is 4. The molecule has 1 aliphatic heterocycles. The molecule has 2 rings (SSSR count). The Labute approximate surface area is 131 Å². The number of nitrogens with two attached hydrogens (primary N) is 1. The van der Waals surface area contributed by atoms with Crippen LogP contribution in [0, 0.1) is 0 Å². The van der Waals surface area contributed by atoms with Gasteiger partial charge in [-0.2, -0.15) is 16.1 Å². The van der Waals surface area contributed by atoms with Gasteiger partial charge in [0.1, 0.15) is 4.90 Å². The smallest absolute Gasteiger partial charge is 0.244 e. The van der Waals surface area contributed by atoms with Gasteiger partial charge in [-0.15, -0.1) is 0 Å². The number of aromatic nitrogens is 1. The molecule has 0 spiro atoms. The van der Waals surface area contributed by atoms with E-state index in [4.69, 9.17) is 5.73 Å². The van der Waals surface area contributed by atoms with Gasteiger partial charge in [-0.1, -0.05) is 0 Å². The Morgan fingerprint density at radius 1 is 1.43 bits per heavy atom. The molecule has 1 aromatic heterocycles. The number of thioether (sulfide) groups is 1. The molecule has 0 aliphatic carbocycles. The maximum absolute atomic E-state index is 12.8. The summed E-state index contributed by atoms with van der Waals surface area (Å²) in [5.41, 5.74) is 6.59. The molecule has 2 heterocycles. The zero-order valence-corrected chi connectivity index (χ0v) is 14.8. The molecule has 1 fully saturated rings. The van der Waals surface area contributed by atoms with Crippen molar-refractivity contribution in [3.63, 3.8) is 0 Å². The number of sulfonamides is 1. The van der Waals surface area contributed by atoms with Crippen LogP contribution in [0.5, 0.6) is 0 Å². The SMILES string of the molecule is CC(C)n1cc(S(=O)(=O)N2CCSC(C)(C)C2)cc1CN. The van der Waals surface area contributed by atoms with Gasteiger partial charge in [0.25, 0.3) is 0 Å². The highest BCUT2D eigenvalue weighted by Crippen LogP contribution is 2.33. The zero-order valence-electron chi connectivity index (χ0n) is 13.2. The average Bonchev–Trinajstić information content (AvgIpc) is 2.82. The minimum Gasteiger partial charge on any atom is -0.346 e. The van der Waals surface area contributed by atoms with Gasteiger partial charge in [0.05, 0.1) is 0 Å². The Hall–Kier alpha value is -0.500. The summed E-state index contributed by atoms with van der Waals surface area (Å²) in [7, 11) is -3.43. The molecule has 0 atom stereocenters. The topological polar surface area (TPSA) is 68.3 Å². The third kappa shape index (κ3) is 3.47. The van der Waals surface area contributed by atoms with E-state index in [2.05, 4.69) is 13.8 Å². The van der Waals surface area contributed by atoms with Gasteiger partial charge >= 0.3 is 0 Å². The molecule has 7 heteroatoms. The molecule has 2 N–H and O–H groups in total. The molecule has 0 unspecified atom stereocenters. The summed E-state index contributed by atoms with van der Waals surface area (Å²) in [6.45, 7) is 9.68. The first-order valence-electron chi connectivity index (χ1n) is 7.22. The summed E-state index contributed by atoms with van der Waals surface area (Å²) >= 11 is 1.82. The average molecular weight is 332 g/mol. The maximum atomic E-state index is 12.8. The first kappa shape index (κ1) is 16.9. The zero-order chi connectivity index (χ0) is 15.8. The Balaban J connectivity index is 2.35. The second-order valence-electron chi connectivity index (χ2n) is 6.32. The van der Waals surface area contributed by atoms with Gasteiger partial charge in [0.15, 0.2) is 0 Å². The molecule has 120 valence electrons. The third-order valence-electron chi connectivity index (χ3n) is 3.70. The molecule has 0 bridgehead atoms. The molecule has 1 saturated heterocycles. The van der Waals surface area contributed by atoms with Crippen LogP contribution in [0.4, 0.5) is 0 Å². The van der Waals surface area contributed by atoms with Crippen LogP contribution >= 0.6 is 11.8 Å². The predicted octanol–water partition coefficient (Wildman–Crippen LogP) is 2.04. The second kappa shape index (κ2) is 5.95. The summed E-state index contributed by atoms with van der Waals surface area (Å²) in [6, 6.07) is 1.91. The van der Waals surface area contributed by atoms with Crippen LogP contribution in [0.1, 0.15) is 39.4 Å². The van der Waals surface area contributed by atoms with E-state index < -0.39 is 10.0 Å². The molecule has 0 saturated carbocycles. The normalized spacial score (nSPS) is 20.1. The van der Waals surface area contributed by atoms with E-state index in [-0.39, 0.29) is 10.8 Å². The summed E-state index contributed by atoms with van der Waals surface area (Å²) < 4.78 is 29.2. The van der Waals surface area contributed by atoms with Crippen molar-refractivity contribution in [3.05, 3.63) is 18.0 Å². The summed E-state index contributed by atoms with van der Waals surface area (Å²) in [4.78, 5) is 0.361. The standard InChI is InChI=1S/C14H25N3O2S2/c1-11(2)17-9-13(7-12(17)8-15)21(18,19)16-5-6-20-14(3,4)10-16/h7,9,11H,5-6,8,10,15H2,1-4H3. The first-order valence-corrected chi connectivity index (χ1v) is 9.65. The first-order chi connectivity index (χ1) is 9.67. The Bertz CT molecular complexity index is 606. The van der Waals surface area contributed by atoms with E-state index in [0.717, 1.165) is 11.4 Å². The third-order valence-corrected chi connectivity index (χ3v) is 6.81. The highest BCUT2D eigenvalue weighted by atomic mass is 32.2. The van der Waals surface area contributed by atoms with Crippen LogP contribution in [0.15, 0.2) is 17.2 Å². The maximum Gasteiger partial charge on any atom is 0.244 e. The van der Waals surface area contributed by atoms with E-state index >= 15 is 0 Å². The van der Waals surface area contributed by atoms with Crippen LogP contribution in [-0.4, -0.2) is 40.9 Å².